The van der Waals surface area contributed by atoms with Gasteiger partial charge in [0.1, 0.15) is 0 Å². The molecule has 0 saturated carbocycles. The van der Waals surface area contributed by atoms with Gasteiger partial charge in [-0.3, -0.25) is 0 Å². The van der Waals surface area contributed by atoms with E-state index in [0.717, 1.165) is 38.0 Å². The zero-order valence-corrected chi connectivity index (χ0v) is 12.1. The molecule has 1 fully saturated rings. The number of nitrogens with one attached hydrogen (secondary N) is 2. The second-order valence-electron chi connectivity index (χ2n) is 5.39. The predicted octanol–water partition coefficient (Wildman–Crippen LogP) is 1.67. The minimum absolute atomic E-state index is 0.313. The van der Waals surface area contributed by atoms with Crippen LogP contribution in [-0.4, -0.2) is 44.3 Å². The third-order valence-corrected chi connectivity index (χ3v) is 3.93. The van der Waals surface area contributed by atoms with Crippen LogP contribution in [0.4, 0.5) is 11.4 Å². The van der Waals surface area contributed by atoms with Gasteiger partial charge in [0.2, 0.25) is 0 Å². The minimum Gasteiger partial charge on any atom is -0.378 e. The number of nitrogens with zero attached hydrogens (tertiary/aromatic N) is 2. The van der Waals surface area contributed by atoms with Gasteiger partial charge in [-0.05, 0) is 26.0 Å². The van der Waals surface area contributed by atoms with E-state index in [1.165, 1.54) is 5.69 Å². The molecular formula is C15H22N4O. The highest BCUT2D eigenvalue weighted by atomic mass is 16.5. The smallest absolute Gasteiger partial charge is 0.196 e. The molecule has 3 rings (SSSR count). The van der Waals surface area contributed by atoms with Crippen LogP contribution in [0.1, 0.15) is 13.8 Å². The van der Waals surface area contributed by atoms with E-state index >= 15 is 0 Å². The van der Waals surface area contributed by atoms with Crippen molar-refractivity contribution >= 4 is 17.3 Å². The van der Waals surface area contributed by atoms with Gasteiger partial charge < -0.3 is 20.3 Å². The topological polar surface area (TPSA) is 48.9 Å². The van der Waals surface area contributed by atoms with Gasteiger partial charge in [-0.1, -0.05) is 12.1 Å². The molecule has 108 valence electrons. The summed E-state index contributed by atoms with van der Waals surface area (Å²) in [6.07, 6.45) is 0. The van der Waals surface area contributed by atoms with Crippen LogP contribution < -0.4 is 15.5 Å². The molecule has 0 amide bonds. The Morgan fingerprint density at radius 3 is 2.70 bits per heavy atom. The third kappa shape index (κ3) is 2.72. The van der Waals surface area contributed by atoms with E-state index in [9.17, 15) is 0 Å². The van der Waals surface area contributed by atoms with E-state index in [0.29, 0.717) is 12.1 Å². The zero-order valence-electron chi connectivity index (χ0n) is 12.1. The van der Waals surface area contributed by atoms with Gasteiger partial charge in [0.05, 0.1) is 30.6 Å². The van der Waals surface area contributed by atoms with E-state index in [1.54, 1.807) is 0 Å². The van der Waals surface area contributed by atoms with Gasteiger partial charge in [-0.15, -0.1) is 0 Å². The Bertz CT molecular complexity index is 496. The van der Waals surface area contributed by atoms with Crippen molar-refractivity contribution in [2.75, 3.05) is 36.5 Å². The first-order valence-electron chi connectivity index (χ1n) is 7.27. The number of para-hydroxylation sites is 2. The lowest BCUT2D eigenvalue weighted by Gasteiger charge is -2.30. The molecule has 2 aliphatic rings. The van der Waals surface area contributed by atoms with Crippen LogP contribution in [0.15, 0.2) is 29.3 Å². The number of benzene rings is 1. The summed E-state index contributed by atoms with van der Waals surface area (Å²) in [5, 5.41) is 6.80. The van der Waals surface area contributed by atoms with Crippen molar-refractivity contribution in [2.45, 2.75) is 25.9 Å². The summed E-state index contributed by atoms with van der Waals surface area (Å²) in [5.74, 6) is 0.866. The molecule has 1 aromatic carbocycles. The van der Waals surface area contributed by atoms with Gasteiger partial charge in [-0.2, -0.15) is 0 Å². The Balaban J connectivity index is 1.78. The molecule has 0 aliphatic carbocycles. The van der Waals surface area contributed by atoms with Crippen LogP contribution in [0.5, 0.6) is 0 Å². The van der Waals surface area contributed by atoms with E-state index in [2.05, 4.69) is 58.6 Å². The molecule has 2 atom stereocenters. The first-order chi connectivity index (χ1) is 9.74. The van der Waals surface area contributed by atoms with E-state index in [1.807, 2.05) is 0 Å². The third-order valence-electron chi connectivity index (χ3n) is 3.93. The number of hydrogen-bond acceptors (Lipinski definition) is 5. The Labute approximate surface area is 120 Å². The average Bonchev–Trinajstić information content (AvgIpc) is 2.79. The second-order valence-corrected chi connectivity index (χ2v) is 5.39. The lowest BCUT2D eigenvalue weighted by atomic mass is 10.2. The SMILES string of the molecule is CC1N=C(Nc2ccccc2N2CCOCC2)NC1C. The van der Waals surface area contributed by atoms with E-state index in [-0.39, 0.29) is 0 Å². The molecule has 1 aromatic rings. The molecule has 2 aliphatic heterocycles. The molecule has 5 nitrogen and oxygen atoms in total. The van der Waals surface area contributed by atoms with Crippen molar-refractivity contribution in [1.82, 2.24) is 5.32 Å². The Morgan fingerprint density at radius 2 is 2.00 bits per heavy atom. The van der Waals surface area contributed by atoms with Gasteiger partial charge in [0.25, 0.3) is 0 Å². The summed E-state index contributed by atoms with van der Waals surface area (Å²) in [6.45, 7) is 7.73. The number of aliphatic imine (C=N–C) groups is 1. The molecule has 2 heterocycles. The van der Waals surface area contributed by atoms with Gasteiger partial charge in [0, 0.05) is 19.1 Å². The van der Waals surface area contributed by atoms with Crippen molar-refractivity contribution in [3.63, 3.8) is 0 Å². The Kier molecular flexibility index (Phi) is 3.78. The molecule has 5 heteroatoms. The molecule has 0 bridgehead atoms. The molecule has 1 saturated heterocycles. The molecule has 0 spiro atoms. The summed E-state index contributed by atoms with van der Waals surface area (Å²) in [4.78, 5) is 6.96. The lowest BCUT2D eigenvalue weighted by Crippen LogP contribution is -2.38. The summed E-state index contributed by atoms with van der Waals surface area (Å²) in [5.41, 5.74) is 2.31. The summed E-state index contributed by atoms with van der Waals surface area (Å²) < 4.78 is 5.42. The monoisotopic (exact) mass is 274 g/mol. The van der Waals surface area contributed by atoms with Crippen LogP contribution in [0, 0.1) is 0 Å². The summed E-state index contributed by atoms with van der Waals surface area (Å²) in [6, 6.07) is 9.07. The number of rotatable bonds is 2. The Morgan fingerprint density at radius 1 is 1.25 bits per heavy atom. The molecule has 2 unspecified atom stereocenters. The average molecular weight is 274 g/mol. The highest BCUT2D eigenvalue weighted by Gasteiger charge is 2.22. The van der Waals surface area contributed by atoms with Crippen LogP contribution >= 0.6 is 0 Å². The fourth-order valence-electron chi connectivity index (χ4n) is 2.54. The van der Waals surface area contributed by atoms with Crippen molar-refractivity contribution in [2.24, 2.45) is 4.99 Å². The maximum atomic E-state index is 5.42. The van der Waals surface area contributed by atoms with Crippen LogP contribution in [0.3, 0.4) is 0 Å². The molecular weight excluding hydrogens is 252 g/mol. The van der Waals surface area contributed by atoms with Crippen LogP contribution in [0.2, 0.25) is 0 Å². The quantitative estimate of drug-likeness (QED) is 0.861. The fraction of sp³-hybridized carbons (Fsp3) is 0.533. The number of hydrogen-bond donors (Lipinski definition) is 2. The highest BCUT2D eigenvalue weighted by molar-refractivity contribution is 5.98. The zero-order chi connectivity index (χ0) is 13.9. The molecule has 20 heavy (non-hydrogen) atoms. The first-order valence-corrected chi connectivity index (χ1v) is 7.27. The van der Waals surface area contributed by atoms with Crippen LogP contribution in [-0.2, 0) is 4.74 Å². The highest BCUT2D eigenvalue weighted by Crippen LogP contribution is 2.26. The normalized spacial score (nSPS) is 26.1. The lowest BCUT2D eigenvalue weighted by molar-refractivity contribution is 0.123. The predicted molar refractivity (Wildman–Crippen MR) is 82.6 cm³/mol. The summed E-state index contributed by atoms with van der Waals surface area (Å²) >= 11 is 0. The van der Waals surface area contributed by atoms with E-state index < -0.39 is 0 Å². The standard InChI is InChI=1S/C15H22N4O/c1-11-12(2)17-15(16-11)18-13-5-3-4-6-14(13)19-7-9-20-10-8-19/h3-6,11-12H,7-10H2,1-2H3,(H2,16,17,18). The number of guanidine groups is 1. The molecule has 0 radical (unpaired) electrons. The van der Waals surface area contributed by atoms with Gasteiger partial charge >= 0.3 is 0 Å². The maximum absolute atomic E-state index is 5.42. The second kappa shape index (κ2) is 5.71. The molecule has 0 aromatic heterocycles. The maximum Gasteiger partial charge on any atom is 0.196 e. The summed E-state index contributed by atoms with van der Waals surface area (Å²) in [7, 11) is 0. The minimum atomic E-state index is 0.313. The van der Waals surface area contributed by atoms with Crippen molar-refractivity contribution in [3.8, 4) is 0 Å². The first kappa shape index (κ1) is 13.2. The number of ether oxygens (including phenoxy) is 1. The Hall–Kier alpha value is -1.75. The number of anilines is 2. The number of morpholine rings is 1. The van der Waals surface area contributed by atoms with Crippen molar-refractivity contribution < 1.29 is 4.74 Å². The van der Waals surface area contributed by atoms with Gasteiger partial charge in [-0.25, -0.2) is 4.99 Å². The largest absolute Gasteiger partial charge is 0.378 e. The molecule has 2 N–H and O–H groups in total. The van der Waals surface area contributed by atoms with Gasteiger partial charge in [0.15, 0.2) is 5.96 Å². The van der Waals surface area contributed by atoms with Crippen LogP contribution in [0.25, 0.3) is 0 Å². The van der Waals surface area contributed by atoms with Crippen molar-refractivity contribution in [1.29, 1.82) is 0 Å². The van der Waals surface area contributed by atoms with Crippen molar-refractivity contribution in [3.05, 3.63) is 24.3 Å². The fourth-order valence-corrected chi connectivity index (χ4v) is 2.54. The van der Waals surface area contributed by atoms with E-state index in [4.69, 9.17) is 4.74 Å².